The number of piperidine rings is 1. The minimum atomic E-state index is -3.11. The van der Waals surface area contributed by atoms with Crippen LogP contribution in [-0.4, -0.2) is 32.8 Å². The summed E-state index contributed by atoms with van der Waals surface area (Å²) in [7, 11) is -3.11. The first kappa shape index (κ1) is 13.3. The molecule has 5 heteroatoms. The Bertz CT molecular complexity index is 350. The van der Waals surface area contributed by atoms with Gasteiger partial charge in [0.15, 0.2) is 0 Å². The van der Waals surface area contributed by atoms with Crippen LogP contribution in [0.5, 0.6) is 0 Å². The molecule has 0 amide bonds. The molecule has 17 heavy (non-hydrogen) atoms. The molecule has 1 heterocycles. The highest BCUT2D eigenvalue weighted by atomic mass is 32.2. The van der Waals surface area contributed by atoms with E-state index in [1.54, 1.807) is 0 Å². The Labute approximate surface area is 105 Å². The molecule has 1 aliphatic carbocycles. The molecule has 2 N–H and O–H groups in total. The molecule has 0 aromatic rings. The molecule has 0 aromatic heterocycles. The molecule has 3 unspecified atom stereocenters. The van der Waals surface area contributed by atoms with Crippen molar-refractivity contribution < 1.29 is 8.42 Å². The number of nitrogens with one attached hydrogen (secondary N) is 2. The van der Waals surface area contributed by atoms with Crippen molar-refractivity contribution in [3.05, 3.63) is 0 Å². The van der Waals surface area contributed by atoms with E-state index >= 15 is 0 Å². The van der Waals surface area contributed by atoms with Gasteiger partial charge in [-0.2, -0.15) is 0 Å². The smallest absolute Gasteiger partial charge is 0.214 e. The summed E-state index contributed by atoms with van der Waals surface area (Å²) < 4.78 is 27.5. The van der Waals surface area contributed by atoms with E-state index in [0.29, 0.717) is 11.8 Å². The molecule has 4 nitrogen and oxygen atoms in total. The summed E-state index contributed by atoms with van der Waals surface area (Å²) in [4.78, 5) is 0. The SMILES string of the molecule is CC1CCC(NS(=O)(=O)C2CCNCC2)C1C. The van der Waals surface area contributed by atoms with Crippen molar-refractivity contribution in [3.63, 3.8) is 0 Å². The minimum absolute atomic E-state index is 0.157. The van der Waals surface area contributed by atoms with Gasteiger partial charge in [-0.25, -0.2) is 13.1 Å². The average molecular weight is 260 g/mol. The van der Waals surface area contributed by atoms with Crippen LogP contribution < -0.4 is 10.0 Å². The lowest BCUT2D eigenvalue weighted by molar-refractivity contribution is 0.397. The van der Waals surface area contributed by atoms with E-state index in [1.807, 2.05) is 0 Å². The highest BCUT2D eigenvalue weighted by Gasteiger charge is 2.35. The van der Waals surface area contributed by atoms with Crippen LogP contribution >= 0.6 is 0 Å². The molecular formula is C12H24N2O2S. The molecule has 100 valence electrons. The molecule has 1 saturated carbocycles. The highest BCUT2D eigenvalue weighted by Crippen LogP contribution is 2.32. The third-order valence-electron chi connectivity index (χ3n) is 4.51. The van der Waals surface area contributed by atoms with Crippen molar-refractivity contribution in [1.29, 1.82) is 0 Å². The van der Waals surface area contributed by atoms with Crippen molar-refractivity contribution >= 4 is 10.0 Å². The number of hydrogen-bond acceptors (Lipinski definition) is 3. The predicted molar refractivity (Wildman–Crippen MR) is 69.3 cm³/mol. The zero-order chi connectivity index (χ0) is 12.5. The third-order valence-corrected chi connectivity index (χ3v) is 6.49. The van der Waals surface area contributed by atoms with Gasteiger partial charge in [0.2, 0.25) is 10.0 Å². The molecule has 0 bridgehead atoms. The zero-order valence-corrected chi connectivity index (χ0v) is 11.6. The Hall–Kier alpha value is -0.130. The van der Waals surface area contributed by atoms with Gasteiger partial charge in [-0.3, -0.25) is 0 Å². The van der Waals surface area contributed by atoms with Gasteiger partial charge in [-0.1, -0.05) is 13.8 Å². The zero-order valence-electron chi connectivity index (χ0n) is 10.8. The summed E-state index contributed by atoms with van der Waals surface area (Å²) in [5, 5.41) is 3.02. The summed E-state index contributed by atoms with van der Waals surface area (Å²) >= 11 is 0. The van der Waals surface area contributed by atoms with E-state index in [0.717, 1.165) is 38.8 Å². The van der Waals surface area contributed by atoms with Gasteiger partial charge in [0.1, 0.15) is 0 Å². The van der Waals surface area contributed by atoms with Crippen LogP contribution in [-0.2, 0) is 10.0 Å². The van der Waals surface area contributed by atoms with Crippen LogP contribution in [0.25, 0.3) is 0 Å². The fraction of sp³-hybridized carbons (Fsp3) is 1.00. The molecule has 2 aliphatic rings. The van der Waals surface area contributed by atoms with Gasteiger partial charge in [-0.05, 0) is 50.6 Å². The summed E-state index contributed by atoms with van der Waals surface area (Å²) in [5.74, 6) is 1.10. The van der Waals surface area contributed by atoms with Gasteiger partial charge < -0.3 is 5.32 Å². The normalized spacial score (nSPS) is 36.2. The van der Waals surface area contributed by atoms with Crippen molar-refractivity contribution in [2.24, 2.45) is 11.8 Å². The topological polar surface area (TPSA) is 58.2 Å². The van der Waals surface area contributed by atoms with Gasteiger partial charge >= 0.3 is 0 Å². The average Bonchev–Trinajstić information content (AvgIpc) is 2.62. The van der Waals surface area contributed by atoms with Crippen LogP contribution in [0.2, 0.25) is 0 Å². The Balaban J connectivity index is 1.97. The molecule has 2 rings (SSSR count). The second-order valence-electron chi connectivity index (χ2n) is 5.63. The predicted octanol–water partition coefficient (Wildman–Crippen LogP) is 1.09. The van der Waals surface area contributed by atoms with E-state index in [-0.39, 0.29) is 11.3 Å². The van der Waals surface area contributed by atoms with Crippen LogP contribution in [0, 0.1) is 11.8 Å². The first-order chi connectivity index (χ1) is 8.00. The Morgan fingerprint density at radius 3 is 2.24 bits per heavy atom. The first-order valence-corrected chi connectivity index (χ1v) is 8.27. The fourth-order valence-corrected chi connectivity index (χ4v) is 4.75. The minimum Gasteiger partial charge on any atom is -0.317 e. The van der Waals surface area contributed by atoms with Crippen molar-refractivity contribution in [1.82, 2.24) is 10.0 Å². The summed E-state index contributed by atoms with van der Waals surface area (Å²) in [6, 6.07) is 0.157. The second kappa shape index (κ2) is 5.24. The van der Waals surface area contributed by atoms with E-state index in [1.165, 1.54) is 0 Å². The second-order valence-corrected chi connectivity index (χ2v) is 7.62. The van der Waals surface area contributed by atoms with Gasteiger partial charge in [0.25, 0.3) is 0 Å². The molecular weight excluding hydrogens is 236 g/mol. The standard InChI is InChI=1S/C12H24N2O2S/c1-9-3-4-12(10(9)2)14-17(15,16)11-5-7-13-8-6-11/h9-14H,3-8H2,1-2H3. The number of rotatable bonds is 3. The molecule has 0 radical (unpaired) electrons. The lowest BCUT2D eigenvalue weighted by atomic mass is 9.98. The largest absolute Gasteiger partial charge is 0.317 e. The quantitative estimate of drug-likeness (QED) is 0.799. The van der Waals surface area contributed by atoms with E-state index in [4.69, 9.17) is 0 Å². The molecule has 0 aromatic carbocycles. The van der Waals surface area contributed by atoms with E-state index in [9.17, 15) is 8.42 Å². The van der Waals surface area contributed by atoms with Gasteiger partial charge in [0.05, 0.1) is 5.25 Å². The lowest BCUT2D eigenvalue weighted by Crippen LogP contribution is -2.46. The van der Waals surface area contributed by atoms with Crippen LogP contribution in [0.4, 0.5) is 0 Å². The lowest BCUT2D eigenvalue weighted by Gasteiger charge is -2.26. The summed E-state index contributed by atoms with van der Waals surface area (Å²) in [6.07, 6.45) is 3.62. The van der Waals surface area contributed by atoms with Crippen molar-refractivity contribution in [2.75, 3.05) is 13.1 Å². The first-order valence-electron chi connectivity index (χ1n) is 6.72. The van der Waals surface area contributed by atoms with Gasteiger partial charge in [-0.15, -0.1) is 0 Å². The van der Waals surface area contributed by atoms with Crippen molar-refractivity contribution in [3.8, 4) is 0 Å². The molecule has 1 aliphatic heterocycles. The summed E-state index contributed by atoms with van der Waals surface area (Å²) in [5.41, 5.74) is 0. The maximum atomic E-state index is 12.3. The van der Waals surface area contributed by atoms with E-state index < -0.39 is 10.0 Å². The number of hydrogen-bond donors (Lipinski definition) is 2. The van der Waals surface area contributed by atoms with Crippen molar-refractivity contribution in [2.45, 2.75) is 50.8 Å². The summed E-state index contributed by atoms with van der Waals surface area (Å²) in [6.45, 7) is 6.02. The van der Waals surface area contributed by atoms with Crippen LogP contribution in [0.15, 0.2) is 0 Å². The Morgan fingerprint density at radius 2 is 1.71 bits per heavy atom. The van der Waals surface area contributed by atoms with Crippen LogP contribution in [0.3, 0.4) is 0 Å². The molecule has 0 spiro atoms. The molecule has 3 atom stereocenters. The highest BCUT2D eigenvalue weighted by molar-refractivity contribution is 7.90. The third kappa shape index (κ3) is 3.01. The van der Waals surface area contributed by atoms with Gasteiger partial charge in [0, 0.05) is 6.04 Å². The monoisotopic (exact) mass is 260 g/mol. The maximum absolute atomic E-state index is 12.3. The fourth-order valence-electron chi connectivity index (χ4n) is 2.94. The Morgan fingerprint density at radius 1 is 1.06 bits per heavy atom. The number of sulfonamides is 1. The molecule has 1 saturated heterocycles. The molecule has 2 fully saturated rings. The van der Waals surface area contributed by atoms with E-state index in [2.05, 4.69) is 23.9 Å². The van der Waals surface area contributed by atoms with Crippen LogP contribution in [0.1, 0.15) is 39.5 Å². The maximum Gasteiger partial charge on any atom is 0.214 e. The Kier molecular flexibility index (Phi) is 4.10.